The van der Waals surface area contributed by atoms with Crippen molar-refractivity contribution in [3.63, 3.8) is 0 Å². The van der Waals surface area contributed by atoms with Crippen LogP contribution in [0.5, 0.6) is 0 Å². The molecule has 2 aliphatic heterocycles. The summed E-state index contributed by atoms with van der Waals surface area (Å²) in [4.78, 5) is 67.1. The summed E-state index contributed by atoms with van der Waals surface area (Å²) in [6.45, 7) is 16.4. The molecule has 5 aromatic rings. The van der Waals surface area contributed by atoms with Gasteiger partial charge in [0.25, 0.3) is 0 Å². The number of aliphatic hydroxyl groups excluding tert-OH is 1. The molecule has 7 rings (SSSR count). The highest BCUT2D eigenvalue weighted by Crippen LogP contribution is 2.40. The molecule has 1 saturated heterocycles. The molecule has 0 saturated carbocycles. The normalized spacial score (nSPS) is 17.5. The number of fused-ring (bicyclic) bond motifs is 3. The Hall–Kier alpha value is -5.41. The van der Waals surface area contributed by atoms with E-state index in [1.54, 1.807) is 22.7 Å². The summed E-state index contributed by atoms with van der Waals surface area (Å²) < 4.78 is 18.9. The van der Waals surface area contributed by atoms with Crippen LogP contribution in [-0.2, 0) is 33.4 Å². The van der Waals surface area contributed by atoms with E-state index >= 15 is 0 Å². The number of thiophene rings is 1. The van der Waals surface area contributed by atoms with Gasteiger partial charge in [0.15, 0.2) is 5.82 Å². The van der Waals surface area contributed by atoms with Crippen molar-refractivity contribution in [3.8, 4) is 15.4 Å². The lowest BCUT2D eigenvalue weighted by atomic mass is 9.85. The largest absolute Gasteiger partial charge is 0.391 e. The Balaban J connectivity index is 0.804. The van der Waals surface area contributed by atoms with Crippen molar-refractivity contribution in [1.82, 2.24) is 40.6 Å². The Bertz CT molecular complexity index is 2680. The van der Waals surface area contributed by atoms with E-state index in [1.165, 1.54) is 4.90 Å². The summed E-state index contributed by atoms with van der Waals surface area (Å²) >= 11 is 9.45. The van der Waals surface area contributed by atoms with E-state index in [2.05, 4.69) is 45.0 Å². The van der Waals surface area contributed by atoms with Crippen LogP contribution in [0.15, 0.2) is 59.0 Å². The molecule has 0 aliphatic carbocycles. The molecule has 0 radical (unpaired) electrons. The molecule has 1 fully saturated rings. The number of nitrogens with zero attached hydrogens (tertiary/aromatic N) is 6. The number of likely N-dealkylation sites (tertiary alicyclic amines) is 1. The van der Waals surface area contributed by atoms with Crippen LogP contribution < -0.4 is 16.0 Å². The Kier molecular flexibility index (Phi) is 17.4. The number of rotatable bonds is 20. The molecular weight excluding hydrogens is 954 g/mol. The Labute approximate surface area is 421 Å². The van der Waals surface area contributed by atoms with Crippen molar-refractivity contribution in [2.24, 2.45) is 10.4 Å². The van der Waals surface area contributed by atoms with Gasteiger partial charge in [-0.1, -0.05) is 68.8 Å². The second-order valence-corrected chi connectivity index (χ2v) is 21.1. The van der Waals surface area contributed by atoms with E-state index in [-0.39, 0.29) is 83.4 Å². The number of aliphatic imine (C=N–C) groups is 1. The number of β-amino-alcohol motifs (C(OH)–C–C–N with tert-alkyl or cyclic N) is 1. The molecule has 5 atom stereocenters. The first-order chi connectivity index (χ1) is 33.4. The first-order valence-electron chi connectivity index (χ1n) is 23.4. The molecule has 0 spiro atoms. The lowest BCUT2D eigenvalue weighted by Crippen LogP contribution is -2.58. The molecule has 3 aromatic heterocycles. The van der Waals surface area contributed by atoms with Crippen molar-refractivity contribution >= 4 is 63.6 Å². The predicted octanol–water partition coefficient (Wildman–Crippen LogP) is 6.16. The second kappa shape index (κ2) is 23.2. The first kappa shape index (κ1) is 52.4. The number of hydrogen-bond acceptors (Lipinski definition) is 14. The van der Waals surface area contributed by atoms with Crippen molar-refractivity contribution < 1.29 is 38.5 Å². The number of carbonyl (C=O) groups excluding carboxylic acids is 4. The quantitative estimate of drug-likeness (QED) is 0.0649. The molecule has 70 heavy (non-hydrogen) atoms. The van der Waals surface area contributed by atoms with Crippen molar-refractivity contribution in [2.45, 2.75) is 98.5 Å². The molecule has 5 heterocycles. The van der Waals surface area contributed by atoms with Gasteiger partial charge in [-0.3, -0.25) is 28.7 Å². The van der Waals surface area contributed by atoms with Gasteiger partial charge in [0.2, 0.25) is 23.6 Å². The number of amides is 4. The van der Waals surface area contributed by atoms with Gasteiger partial charge in [0.1, 0.15) is 35.6 Å². The molecule has 17 nitrogen and oxygen atoms in total. The zero-order valence-electron chi connectivity index (χ0n) is 40.8. The van der Waals surface area contributed by atoms with Crippen LogP contribution in [0.3, 0.4) is 0 Å². The van der Waals surface area contributed by atoms with Crippen LogP contribution in [0.1, 0.15) is 97.1 Å². The van der Waals surface area contributed by atoms with Crippen LogP contribution >= 0.6 is 34.3 Å². The first-order valence-corrected chi connectivity index (χ1v) is 25.4. The average Bonchev–Trinajstić information content (AvgIpc) is 4.09. The maximum atomic E-state index is 14.0. The van der Waals surface area contributed by atoms with Gasteiger partial charge in [-0.2, -0.15) is 0 Å². The molecular formula is C50H62ClN9O8S2. The van der Waals surface area contributed by atoms with Gasteiger partial charge >= 0.3 is 0 Å². The number of carbonyl (C=O) groups is 4. The highest BCUT2D eigenvalue weighted by Gasteiger charge is 2.45. The van der Waals surface area contributed by atoms with Gasteiger partial charge in [0.05, 0.1) is 73.4 Å². The van der Waals surface area contributed by atoms with Crippen LogP contribution in [-0.4, -0.2) is 130 Å². The van der Waals surface area contributed by atoms with E-state index in [0.29, 0.717) is 16.7 Å². The molecule has 4 amide bonds. The zero-order valence-corrected chi connectivity index (χ0v) is 43.2. The molecule has 374 valence electrons. The summed E-state index contributed by atoms with van der Waals surface area (Å²) in [6, 6.07) is 12.6. The molecule has 2 aliphatic rings. The highest BCUT2D eigenvalue weighted by atomic mass is 35.5. The zero-order chi connectivity index (χ0) is 50.3. The van der Waals surface area contributed by atoms with E-state index in [0.717, 1.165) is 54.0 Å². The van der Waals surface area contributed by atoms with Gasteiger partial charge in [-0.15, -0.1) is 32.9 Å². The van der Waals surface area contributed by atoms with E-state index in [1.807, 2.05) is 100 Å². The van der Waals surface area contributed by atoms with Gasteiger partial charge in [0, 0.05) is 40.5 Å². The number of nitrogens with one attached hydrogen (secondary N) is 3. The predicted molar refractivity (Wildman–Crippen MR) is 270 cm³/mol. The number of aromatic nitrogens is 4. The minimum absolute atomic E-state index is 0.0337. The Morgan fingerprint density at radius 2 is 1.56 bits per heavy atom. The van der Waals surface area contributed by atoms with Gasteiger partial charge in [-0.25, -0.2) is 4.98 Å². The summed E-state index contributed by atoms with van der Waals surface area (Å²) in [5.74, 6) is -0.238. The summed E-state index contributed by atoms with van der Waals surface area (Å²) in [5.41, 5.74) is 7.75. The molecule has 2 aromatic carbocycles. The third-order valence-corrected chi connectivity index (χ3v) is 14.8. The lowest BCUT2D eigenvalue weighted by molar-refractivity contribution is -0.144. The summed E-state index contributed by atoms with van der Waals surface area (Å²) in [7, 11) is 0. The fourth-order valence-corrected chi connectivity index (χ4v) is 10.6. The maximum Gasteiger partial charge on any atom is 0.246 e. The molecule has 4 N–H and O–H groups in total. The minimum atomic E-state index is -0.991. The lowest BCUT2D eigenvalue weighted by Gasteiger charge is -2.35. The average molecular weight is 1020 g/mol. The Morgan fingerprint density at radius 1 is 0.886 bits per heavy atom. The summed E-state index contributed by atoms with van der Waals surface area (Å²) in [6.07, 6.45) is -0.753. The monoisotopic (exact) mass is 1020 g/mol. The maximum absolute atomic E-state index is 14.0. The highest BCUT2D eigenvalue weighted by molar-refractivity contribution is 7.15. The number of halogens is 1. The van der Waals surface area contributed by atoms with Crippen LogP contribution in [0.25, 0.3) is 15.4 Å². The van der Waals surface area contributed by atoms with Crippen LogP contribution in [0.4, 0.5) is 0 Å². The van der Waals surface area contributed by atoms with Crippen molar-refractivity contribution in [2.75, 3.05) is 52.7 Å². The number of aryl methyl sites for hydroxylation is 3. The number of hydrogen-bond donors (Lipinski definition) is 4. The molecule has 1 unspecified atom stereocenters. The Morgan fingerprint density at radius 3 is 2.23 bits per heavy atom. The topological polar surface area (TPSA) is 211 Å². The number of ether oxygens (including phenoxy) is 3. The van der Waals surface area contributed by atoms with Crippen LogP contribution in [0, 0.1) is 33.1 Å². The molecule has 20 heteroatoms. The van der Waals surface area contributed by atoms with Crippen LogP contribution in [0.2, 0.25) is 5.02 Å². The third-order valence-electron chi connectivity index (χ3n) is 12.3. The van der Waals surface area contributed by atoms with Crippen molar-refractivity contribution in [3.05, 3.63) is 104 Å². The summed E-state index contributed by atoms with van der Waals surface area (Å²) in [5, 5.41) is 29.8. The molecule has 0 bridgehead atoms. The van der Waals surface area contributed by atoms with E-state index in [9.17, 15) is 24.3 Å². The van der Waals surface area contributed by atoms with Gasteiger partial charge < -0.3 is 40.2 Å². The fraction of sp³-hybridized carbons (Fsp3) is 0.480. The second-order valence-electron chi connectivity index (χ2n) is 18.6. The van der Waals surface area contributed by atoms with Gasteiger partial charge in [-0.05, 0) is 68.9 Å². The fourth-order valence-electron chi connectivity index (χ4n) is 8.47. The number of benzene rings is 2. The minimum Gasteiger partial charge on any atom is -0.391 e. The van der Waals surface area contributed by atoms with Crippen molar-refractivity contribution in [1.29, 1.82) is 0 Å². The number of thiazole rings is 1. The standard InChI is InChI=1S/C50H62ClN9O8S2/c1-28-31(4)70-49-42(28)43(34-13-15-36(51)16-14-34)55-38(46-58-57-32(5)60(46)49)24-40(62)52-17-18-66-19-20-67-21-22-68-26-41(63)56-45(50(6,7)8)48(65)59-25-37(61)23-39(59)47(64)54-29(2)33-9-11-35(12-10-33)44-30(3)53-27-69-44/h9-16,27,29,37-39,45,61H,17-26H2,1-8H3,(H,52,62)(H,54,64)(H,56,63)/t29-,37+,38?,39-,45+/m0/s1. The SMILES string of the molecule is Cc1ncsc1-c1ccc([C@H](C)NC(=O)[C@@H]2C[C@@H](O)CN2C(=O)[C@@H](NC(=O)COCCOCCOCCNC(=O)CC2N=C(c3ccc(Cl)cc3)c3c(sc(C)c3C)-n3c(C)nnc32)C(C)(C)C)cc1. The third kappa shape index (κ3) is 12.5. The van der Waals surface area contributed by atoms with E-state index < -0.39 is 41.5 Å². The number of aliphatic hydroxyl groups is 1. The smallest absolute Gasteiger partial charge is 0.246 e. The van der Waals surface area contributed by atoms with E-state index in [4.69, 9.17) is 30.8 Å².